The molecule has 1 saturated carbocycles. The second-order valence-corrected chi connectivity index (χ2v) is 12.4. The summed E-state index contributed by atoms with van der Waals surface area (Å²) in [6.45, 7) is 7.67. The van der Waals surface area contributed by atoms with Crippen LogP contribution < -0.4 is 15.4 Å². The fourth-order valence-electron chi connectivity index (χ4n) is 5.94. The average molecular weight is 595 g/mol. The maximum Gasteiger partial charge on any atom is 0.258 e. The monoisotopic (exact) mass is 594 g/mol. The number of likely N-dealkylation sites (tertiary alicyclic amines) is 1. The molecule has 11 heteroatoms. The Morgan fingerprint density at radius 1 is 1.10 bits per heavy atom. The number of aromatic nitrogens is 3. The third-order valence-electron chi connectivity index (χ3n) is 8.02. The van der Waals surface area contributed by atoms with E-state index in [0.717, 1.165) is 55.7 Å². The molecule has 1 aliphatic carbocycles. The largest absolute Gasteiger partial charge is 0.476 e. The first-order valence-electron chi connectivity index (χ1n) is 15.1. The predicted octanol–water partition coefficient (Wildman–Crippen LogP) is 5.46. The van der Waals surface area contributed by atoms with E-state index in [1.807, 2.05) is 32.0 Å². The summed E-state index contributed by atoms with van der Waals surface area (Å²) in [6.07, 6.45) is 8.67. The van der Waals surface area contributed by atoms with Gasteiger partial charge < -0.3 is 18.8 Å². The second kappa shape index (κ2) is 14.3. The highest BCUT2D eigenvalue weighted by molar-refractivity contribution is 7.94. The molecule has 1 saturated heterocycles. The average Bonchev–Trinajstić information content (AvgIpc) is 3.34. The Bertz CT molecular complexity index is 1360. The van der Waals surface area contributed by atoms with E-state index in [4.69, 9.17) is 13.9 Å². The highest BCUT2D eigenvalue weighted by atomic mass is 32.2. The van der Waals surface area contributed by atoms with Crippen molar-refractivity contribution < 1.29 is 18.5 Å². The van der Waals surface area contributed by atoms with E-state index in [9.17, 15) is 9.59 Å². The summed E-state index contributed by atoms with van der Waals surface area (Å²) in [7, 11) is 1.60. The van der Waals surface area contributed by atoms with Gasteiger partial charge in [-0.1, -0.05) is 12.5 Å². The van der Waals surface area contributed by atoms with Crippen LogP contribution in [0.3, 0.4) is 0 Å². The Hall–Kier alpha value is -3.15. The molecule has 0 spiro atoms. The number of carbonyl (C=O) groups is 2. The van der Waals surface area contributed by atoms with Gasteiger partial charge in [-0.05, 0) is 83.7 Å². The van der Waals surface area contributed by atoms with Crippen molar-refractivity contribution in [3.8, 4) is 5.88 Å². The maximum atomic E-state index is 13.4. The first-order valence-corrected chi connectivity index (χ1v) is 15.8. The number of nitrogens with zero attached hydrogens (tertiary/aromatic N) is 4. The molecule has 3 aromatic rings. The van der Waals surface area contributed by atoms with Gasteiger partial charge in [-0.15, -0.1) is 0 Å². The molecule has 5 rings (SSSR count). The zero-order valence-electron chi connectivity index (χ0n) is 24.8. The van der Waals surface area contributed by atoms with E-state index >= 15 is 0 Å². The lowest BCUT2D eigenvalue weighted by Gasteiger charge is -2.30. The van der Waals surface area contributed by atoms with Gasteiger partial charge in [0.1, 0.15) is 12.1 Å². The molecule has 42 heavy (non-hydrogen) atoms. The fraction of sp³-hybridized carbons (Fsp3) is 0.548. The Morgan fingerprint density at radius 2 is 1.88 bits per heavy atom. The third-order valence-corrected chi connectivity index (χ3v) is 8.63. The van der Waals surface area contributed by atoms with Crippen molar-refractivity contribution in [2.75, 3.05) is 38.7 Å². The summed E-state index contributed by atoms with van der Waals surface area (Å²) in [4.78, 5) is 38.7. The smallest absolute Gasteiger partial charge is 0.258 e. The van der Waals surface area contributed by atoms with Gasteiger partial charge in [0, 0.05) is 53.1 Å². The van der Waals surface area contributed by atoms with Crippen LogP contribution in [0.5, 0.6) is 5.88 Å². The van der Waals surface area contributed by atoms with E-state index in [1.54, 1.807) is 25.4 Å². The molecule has 0 atom stereocenters. The number of benzene rings is 1. The minimum absolute atomic E-state index is 0.00662. The van der Waals surface area contributed by atoms with E-state index in [1.165, 1.54) is 31.3 Å². The first kappa shape index (κ1) is 30.3. The van der Waals surface area contributed by atoms with Gasteiger partial charge >= 0.3 is 0 Å². The van der Waals surface area contributed by atoms with Gasteiger partial charge in [-0.25, -0.2) is 9.97 Å². The highest BCUT2D eigenvalue weighted by Gasteiger charge is 2.30. The zero-order chi connectivity index (χ0) is 29.5. The van der Waals surface area contributed by atoms with Crippen LogP contribution in [0, 0.1) is 5.92 Å². The number of imidazole rings is 1. The van der Waals surface area contributed by atoms with Gasteiger partial charge in [0.05, 0.1) is 18.8 Å². The van der Waals surface area contributed by atoms with Crippen LogP contribution in [-0.2, 0) is 8.98 Å². The topological polar surface area (TPSA) is 111 Å². The zero-order valence-corrected chi connectivity index (χ0v) is 25.6. The molecule has 10 nitrogen and oxygen atoms in total. The summed E-state index contributed by atoms with van der Waals surface area (Å²) >= 11 is 1.21. The molecular formula is C31H42N6O4S. The van der Waals surface area contributed by atoms with Crippen molar-refractivity contribution >= 4 is 40.8 Å². The van der Waals surface area contributed by atoms with E-state index in [2.05, 4.69) is 25.1 Å². The number of fused-ring (bicyclic) bond motifs is 1. The number of amides is 2. The standard InChI is InChI=1S/C31H42N6O4S/c1-21(2)33-29(38)22-10-12-24(13-11-22)37-27-19-28(41-17-16-36-14-5-4-6-15-36)32-20-26(27)34-31(37)35-30(39)23-8-7-9-25(18-23)42-40-3/h7-9,18-22,24H,4-6,10-17H2,1-3H3,(H,33,38)(H,34,35,39). The highest BCUT2D eigenvalue weighted by Crippen LogP contribution is 2.37. The summed E-state index contributed by atoms with van der Waals surface area (Å²) in [5.74, 6) is 0.888. The lowest BCUT2D eigenvalue weighted by atomic mass is 9.85. The van der Waals surface area contributed by atoms with Crippen LogP contribution in [0.2, 0.25) is 0 Å². The Morgan fingerprint density at radius 3 is 2.62 bits per heavy atom. The molecule has 3 heterocycles. The predicted molar refractivity (Wildman–Crippen MR) is 165 cm³/mol. The molecule has 0 unspecified atom stereocenters. The third kappa shape index (κ3) is 7.62. The van der Waals surface area contributed by atoms with Gasteiger partial charge in [0.2, 0.25) is 17.7 Å². The summed E-state index contributed by atoms with van der Waals surface area (Å²) < 4.78 is 13.4. The summed E-state index contributed by atoms with van der Waals surface area (Å²) in [5.41, 5.74) is 2.08. The number of nitrogens with one attached hydrogen (secondary N) is 2. The van der Waals surface area contributed by atoms with Gasteiger partial charge in [0.25, 0.3) is 5.91 Å². The maximum absolute atomic E-state index is 13.4. The van der Waals surface area contributed by atoms with Crippen LogP contribution >= 0.6 is 12.0 Å². The van der Waals surface area contributed by atoms with Crippen LogP contribution in [0.1, 0.15) is 75.2 Å². The van der Waals surface area contributed by atoms with Gasteiger partial charge in [-0.2, -0.15) is 0 Å². The number of pyridine rings is 1. The van der Waals surface area contributed by atoms with Crippen LogP contribution in [-0.4, -0.2) is 70.6 Å². The normalized spacial score (nSPS) is 19.6. The Balaban J connectivity index is 1.37. The number of anilines is 1. The quantitative estimate of drug-likeness (QED) is 0.282. The van der Waals surface area contributed by atoms with Crippen molar-refractivity contribution in [3.63, 3.8) is 0 Å². The van der Waals surface area contributed by atoms with Crippen LogP contribution in [0.4, 0.5) is 5.95 Å². The number of piperidine rings is 1. The SMILES string of the molecule is COSc1cccc(C(=O)Nc2nc3cnc(OCCN4CCCCC4)cc3n2C2CCC(C(=O)NC(C)C)CC2)c1. The second-order valence-electron chi connectivity index (χ2n) is 11.5. The number of carbonyl (C=O) groups excluding carboxylic acids is 2. The molecular weight excluding hydrogens is 552 g/mol. The summed E-state index contributed by atoms with van der Waals surface area (Å²) in [6, 6.07) is 9.43. The van der Waals surface area contributed by atoms with Crippen LogP contribution in [0.25, 0.3) is 11.0 Å². The van der Waals surface area contributed by atoms with Crippen molar-refractivity contribution in [1.29, 1.82) is 0 Å². The van der Waals surface area contributed by atoms with E-state index < -0.39 is 0 Å². The van der Waals surface area contributed by atoms with Crippen LogP contribution in [0.15, 0.2) is 41.4 Å². The van der Waals surface area contributed by atoms with Crippen molar-refractivity contribution in [2.45, 2.75) is 75.8 Å². The minimum atomic E-state index is -0.249. The number of hydrogen-bond acceptors (Lipinski definition) is 8. The van der Waals surface area contributed by atoms with E-state index in [-0.39, 0.29) is 29.8 Å². The molecule has 1 aromatic carbocycles. The molecule has 0 radical (unpaired) electrons. The van der Waals surface area contributed by atoms with Gasteiger partial charge in [-0.3, -0.25) is 19.8 Å². The lowest BCUT2D eigenvalue weighted by Crippen LogP contribution is -2.37. The Labute approximate surface area is 252 Å². The van der Waals surface area contributed by atoms with Crippen molar-refractivity contribution in [3.05, 3.63) is 42.1 Å². The molecule has 1 aliphatic heterocycles. The molecule has 0 bridgehead atoms. The molecule has 2 N–H and O–H groups in total. The molecule has 2 aromatic heterocycles. The minimum Gasteiger partial charge on any atom is -0.476 e. The van der Waals surface area contributed by atoms with Crippen molar-refractivity contribution in [1.82, 2.24) is 24.8 Å². The van der Waals surface area contributed by atoms with Crippen molar-refractivity contribution in [2.24, 2.45) is 5.92 Å². The number of ether oxygens (including phenoxy) is 1. The number of rotatable bonds is 11. The summed E-state index contributed by atoms with van der Waals surface area (Å²) in [5, 5.41) is 6.11. The number of hydrogen-bond donors (Lipinski definition) is 2. The first-order chi connectivity index (χ1) is 20.4. The molecule has 2 fully saturated rings. The van der Waals surface area contributed by atoms with Gasteiger partial charge in [0.15, 0.2) is 0 Å². The lowest BCUT2D eigenvalue weighted by molar-refractivity contribution is -0.126. The molecule has 226 valence electrons. The fourth-order valence-corrected chi connectivity index (χ4v) is 6.44. The molecule has 2 aliphatic rings. The van der Waals surface area contributed by atoms with E-state index in [0.29, 0.717) is 29.5 Å². The Kier molecular flexibility index (Phi) is 10.4. The molecule has 2 amide bonds.